The summed E-state index contributed by atoms with van der Waals surface area (Å²) in [5.74, 6) is 0.940. The Balaban J connectivity index is 1.69. The molecule has 3 rings (SSSR count). The molecule has 1 amide bonds. The highest BCUT2D eigenvalue weighted by Gasteiger charge is 2.21. The number of hydrogen-bond donors (Lipinski definition) is 1. The molecule has 1 saturated heterocycles. The first-order valence-corrected chi connectivity index (χ1v) is 8.77. The zero-order valence-corrected chi connectivity index (χ0v) is 15.1. The lowest BCUT2D eigenvalue weighted by molar-refractivity contribution is 0.0600. The summed E-state index contributed by atoms with van der Waals surface area (Å²) in [6.45, 7) is 3.84. The van der Waals surface area contributed by atoms with E-state index >= 15 is 0 Å². The molecule has 6 nitrogen and oxygen atoms in total. The van der Waals surface area contributed by atoms with Crippen LogP contribution < -0.4 is 5.32 Å². The van der Waals surface area contributed by atoms with Crippen molar-refractivity contribution in [3.8, 4) is 0 Å². The van der Waals surface area contributed by atoms with Gasteiger partial charge in [0.25, 0.3) is 5.91 Å². The second kappa shape index (κ2) is 7.99. The summed E-state index contributed by atoms with van der Waals surface area (Å²) in [6.07, 6.45) is 3.73. The molecule has 0 aliphatic carbocycles. The van der Waals surface area contributed by atoms with Crippen molar-refractivity contribution in [1.82, 2.24) is 9.88 Å². The average Bonchev–Trinajstić information content (AvgIpc) is 2.68. The molecule has 2 aromatic rings. The van der Waals surface area contributed by atoms with E-state index in [1.54, 1.807) is 42.6 Å². The molecule has 0 saturated carbocycles. The Morgan fingerprint density at radius 3 is 2.46 bits per heavy atom. The van der Waals surface area contributed by atoms with Gasteiger partial charge >= 0.3 is 5.97 Å². The van der Waals surface area contributed by atoms with E-state index in [0.29, 0.717) is 22.9 Å². The van der Waals surface area contributed by atoms with Gasteiger partial charge in [-0.2, -0.15) is 0 Å². The smallest absolute Gasteiger partial charge is 0.337 e. The third-order valence-electron chi connectivity index (χ3n) is 4.66. The molecular formula is C20H23N3O3. The molecule has 26 heavy (non-hydrogen) atoms. The quantitative estimate of drug-likeness (QED) is 0.852. The van der Waals surface area contributed by atoms with Crippen LogP contribution in [0.3, 0.4) is 0 Å². The van der Waals surface area contributed by atoms with Gasteiger partial charge in [-0.05, 0) is 55.2 Å². The lowest BCUT2D eigenvalue weighted by Gasteiger charge is -2.30. The van der Waals surface area contributed by atoms with Crippen molar-refractivity contribution >= 4 is 23.4 Å². The van der Waals surface area contributed by atoms with Gasteiger partial charge in [0.05, 0.1) is 12.7 Å². The van der Waals surface area contributed by atoms with Crippen LogP contribution in [0.2, 0.25) is 0 Å². The van der Waals surface area contributed by atoms with E-state index in [-0.39, 0.29) is 11.9 Å². The maximum atomic E-state index is 12.7. The molecule has 0 radical (unpaired) electrons. The van der Waals surface area contributed by atoms with Crippen molar-refractivity contribution in [2.24, 2.45) is 5.92 Å². The van der Waals surface area contributed by atoms with Crippen LogP contribution >= 0.6 is 0 Å². The predicted octanol–water partition coefficient (Wildman–Crippen LogP) is 3.48. The Bertz CT molecular complexity index is 781. The van der Waals surface area contributed by atoms with E-state index in [2.05, 4.69) is 22.0 Å². The van der Waals surface area contributed by atoms with Crippen molar-refractivity contribution < 1.29 is 14.3 Å². The summed E-state index contributed by atoms with van der Waals surface area (Å²) in [4.78, 5) is 30.3. The van der Waals surface area contributed by atoms with E-state index in [1.807, 2.05) is 4.90 Å². The average molecular weight is 353 g/mol. The Kier molecular flexibility index (Phi) is 5.51. The predicted molar refractivity (Wildman–Crippen MR) is 99.6 cm³/mol. The van der Waals surface area contributed by atoms with Gasteiger partial charge in [0, 0.05) is 30.5 Å². The van der Waals surface area contributed by atoms with Gasteiger partial charge in [-0.3, -0.25) is 4.79 Å². The zero-order valence-electron chi connectivity index (χ0n) is 15.1. The van der Waals surface area contributed by atoms with Crippen molar-refractivity contribution in [2.75, 3.05) is 25.5 Å². The molecule has 0 atom stereocenters. The molecule has 1 N–H and O–H groups in total. The van der Waals surface area contributed by atoms with Gasteiger partial charge in [0.2, 0.25) is 0 Å². The molecule has 2 heterocycles. The maximum Gasteiger partial charge on any atom is 0.337 e. The first kappa shape index (κ1) is 17.9. The normalized spacial score (nSPS) is 14.8. The van der Waals surface area contributed by atoms with Crippen LogP contribution in [0.1, 0.15) is 40.5 Å². The number of likely N-dealkylation sites (tertiary alicyclic amines) is 1. The van der Waals surface area contributed by atoms with Gasteiger partial charge in [-0.1, -0.05) is 6.92 Å². The minimum Gasteiger partial charge on any atom is -0.465 e. The number of pyridine rings is 1. The lowest BCUT2D eigenvalue weighted by atomic mass is 9.99. The van der Waals surface area contributed by atoms with E-state index in [1.165, 1.54) is 7.11 Å². The third kappa shape index (κ3) is 4.20. The highest BCUT2D eigenvalue weighted by atomic mass is 16.5. The van der Waals surface area contributed by atoms with Crippen LogP contribution in [0.4, 0.5) is 11.5 Å². The summed E-state index contributed by atoms with van der Waals surface area (Å²) in [7, 11) is 1.35. The van der Waals surface area contributed by atoms with E-state index < -0.39 is 0 Å². The van der Waals surface area contributed by atoms with Crippen LogP contribution in [0, 0.1) is 5.92 Å². The molecule has 0 bridgehead atoms. The maximum absolute atomic E-state index is 12.7. The van der Waals surface area contributed by atoms with Crippen LogP contribution in [0.5, 0.6) is 0 Å². The van der Waals surface area contributed by atoms with Gasteiger partial charge < -0.3 is 15.0 Å². The molecule has 0 unspecified atom stereocenters. The summed E-state index contributed by atoms with van der Waals surface area (Å²) in [5.41, 5.74) is 1.89. The second-order valence-corrected chi connectivity index (χ2v) is 6.60. The summed E-state index contributed by atoms with van der Waals surface area (Å²) in [6, 6.07) is 10.4. The van der Waals surface area contributed by atoms with Crippen molar-refractivity contribution in [3.05, 3.63) is 53.7 Å². The highest BCUT2D eigenvalue weighted by molar-refractivity contribution is 5.95. The monoisotopic (exact) mass is 353 g/mol. The highest BCUT2D eigenvalue weighted by Crippen LogP contribution is 2.20. The number of carbonyl (C=O) groups excluding carboxylic acids is 2. The van der Waals surface area contributed by atoms with E-state index in [0.717, 1.165) is 31.6 Å². The topological polar surface area (TPSA) is 71.5 Å². The SMILES string of the molecule is COC(=O)c1ccc(Nc2cc(C(=O)N3CCC(C)CC3)ccn2)cc1. The Morgan fingerprint density at radius 1 is 1.12 bits per heavy atom. The standard InChI is InChI=1S/C20H23N3O3/c1-14-8-11-23(12-9-14)19(24)16-7-10-21-18(13-16)22-17-5-3-15(4-6-17)20(25)26-2/h3-7,10,13-14H,8-9,11-12H2,1-2H3,(H,21,22). The van der Waals surface area contributed by atoms with Gasteiger partial charge in [0.15, 0.2) is 0 Å². The van der Waals surface area contributed by atoms with Gasteiger partial charge in [-0.15, -0.1) is 0 Å². The number of rotatable bonds is 4. The number of carbonyl (C=O) groups is 2. The second-order valence-electron chi connectivity index (χ2n) is 6.60. The number of anilines is 2. The summed E-state index contributed by atoms with van der Waals surface area (Å²) in [5, 5.41) is 3.16. The zero-order chi connectivity index (χ0) is 18.5. The first-order chi connectivity index (χ1) is 12.6. The molecule has 136 valence electrons. The molecular weight excluding hydrogens is 330 g/mol. The third-order valence-corrected chi connectivity index (χ3v) is 4.66. The van der Waals surface area contributed by atoms with Crippen molar-refractivity contribution in [3.63, 3.8) is 0 Å². The van der Waals surface area contributed by atoms with E-state index in [4.69, 9.17) is 0 Å². The number of methoxy groups -OCH3 is 1. The van der Waals surface area contributed by atoms with Crippen LogP contribution in [-0.4, -0.2) is 42.0 Å². The largest absolute Gasteiger partial charge is 0.465 e. The minimum absolute atomic E-state index is 0.0448. The van der Waals surface area contributed by atoms with Crippen molar-refractivity contribution in [1.29, 1.82) is 0 Å². The lowest BCUT2D eigenvalue weighted by Crippen LogP contribution is -2.37. The molecule has 1 fully saturated rings. The number of amides is 1. The van der Waals surface area contributed by atoms with Crippen LogP contribution in [0.15, 0.2) is 42.6 Å². The summed E-state index contributed by atoms with van der Waals surface area (Å²) < 4.78 is 4.69. The number of ether oxygens (including phenoxy) is 1. The Labute approximate surface area is 153 Å². The number of hydrogen-bond acceptors (Lipinski definition) is 5. The molecule has 1 aliphatic heterocycles. The number of piperidine rings is 1. The molecule has 1 aliphatic rings. The fourth-order valence-corrected chi connectivity index (χ4v) is 2.98. The van der Waals surface area contributed by atoms with Gasteiger partial charge in [0.1, 0.15) is 5.82 Å². The van der Waals surface area contributed by atoms with Crippen molar-refractivity contribution in [2.45, 2.75) is 19.8 Å². The summed E-state index contributed by atoms with van der Waals surface area (Å²) >= 11 is 0. The number of nitrogens with one attached hydrogen (secondary N) is 1. The van der Waals surface area contributed by atoms with Gasteiger partial charge in [-0.25, -0.2) is 9.78 Å². The number of nitrogens with zero attached hydrogens (tertiary/aromatic N) is 2. The fourth-order valence-electron chi connectivity index (χ4n) is 2.98. The van der Waals surface area contributed by atoms with E-state index in [9.17, 15) is 9.59 Å². The molecule has 1 aromatic carbocycles. The molecule has 6 heteroatoms. The Morgan fingerprint density at radius 2 is 1.81 bits per heavy atom. The number of esters is 1. The number of aromatic nitrogens is 1. The van der Waals surface area contributed by atoms with Crippen LogP contribution in [0.25, 0.3) is 0 Å². The number of benzene rings is 1. The molecule has 0 spiro atoms. The fraction of sp³-hybridized carbons (Fsp3) is 0.350. The first-order valence-electron chi connectivity index (χ1n) is 8.77. The van der Waals surface area contributed by atoms with Crippen LogP contribution in [-0.2, 0) is 4.74 Å². The molecule has 1 aromatic heterocycles. The minimum atomic E-state index is -0.377. The Hall–Kier alpha value is -2.89.